The third-order valence-corrected chi connectivity index (χ3v) is 5.27. The summed E-state index contributed by atoms with van der Waals surface area (Å²) < 4.78 is 33.5. The molecule has 142 valence electrons. The lowest BCUT2D eigenvalue weighted by atomic mass is 10.2. The molecule has 5 rings (SSSR count). The average molecular weight is 407 g/mol. The molecule has 0 unspecified atom stereocenters. The van der Waals surface area contributed by atoms with Crippen LogP contribution in [0.3, 0.4) is 0 Å². The summed E-state index contributed by atoms with van der Waals surface area (Å²) in [7, 11) is 0. The van der Waals surface area contributed by atoms with E-state index in [-0.39, 0.29) is 17.2 Å². The lowest BCUT2D eigenvalue weighted by Gasteiger charge is -1.95. The van der Waals surface area contributed by atoms with Crippen LogP contribution in [-0.2, 0) is 0 Å². The van der Waals surface area contributed by atoms with Gasteiger partial charge in [0.15, 0.2) is 5.82 Å². The van der Waals surface area contributed by atoms with Crippen LogP contribution in [0.1, 0.15) is 5.76 Å². The van der Waals surface area contributed by atoms with E-state index in [9.17, 15) is 13.6 Å². The van der Waals surface area contributed by atoms with Crippen molar-refractivity contribution >= 4 is 22.4 Å². The van der Waals surface area contributed by atoms with Crippen LogP contribution in [0, 0.1) is 11.6 Å². The van der Waals surface area contributed by atoms with Gasteiger partial charge in [-0.15, -0.1) is 5.10 Å². The first kappa shape index (κ1) is 17.4. The van der Waals surface area contributed by atoms with Crippen molar-refractivity contribution in [2.24, 2.45) is 0 Å². The number of fused-ring (bicyclic) bond motifs is 1. The number of hydrogen-bond donors (Lipinski definition) is 0. The van der Waals surface area contributed by atoms with Crippen molar-refractivity contribution < 1.29 is 13.2 Å². The van der Waals surface area contributed by atoms with E-state index >= 15 is 0 Å². The van der Waals surface area contributed by atoms with Gasteiger partial charge < -0.3 is 4.42 Å². The predicted molar refractivity (Wildman–Crippen MR) is 105 cm³/mol. The summed E-state index contributed by atoms with van der Waals surface area (Å²) in [6.45, 7) is 0. The molecule has 0 saturated carbocycles. The first-order valence-electron chi connectivity index (χ1n) is 8.60. The Bertz CT molecular complexity index is 1430. The summed E-state index contributed by atoms with van der Waals surface area (Å²) in [4.78, 5) is 17.4. The Balaban J connectivity index is 1.51. The number of rotatable bonds is 3. The molecule has 5 aromatic rings. The molecular formula is C21H11F2N3O2S. The highest BCUT2D eigenvalue weighted by atomic mass is 32.1. The average Bonchev–Trinajstić information content (AvgIpc) is 3.41. The van der Waals surface area contributed by atoms with Gasteiger partial charge in [-0.3, -0.25) is 4.79 Å². The van der Waals surface area contributed by atoms with Gasteiger partial charge in [0.05, 0.1) is 0 Å². The van der Waals surface area contributed by atoms with Gasteiger partial charge in [0.2, 0.25) is 4.96 Å². The van der Waals surface area contributed by atoms with Gasteiger partial charge in [-0.25, -0.2) is 8.78 Å². The molecule has 2 aromatic carbocycles. The number of hydrogen-bond acceptors (Lipinski definition) is 5. The first-order valence-corrected chi connectivity index (χ1v) is 9.41. The van der Waals surface area contributed by atoms with Gasteiger partial charge >= 0.3 is 0 Å². The molecule has 0 radical (unpaired) electrons. The van der Waals surface area contributed by atoms with Crippen molar-refractivity contribution in [2.45, 2.75) is 0 Å². The molecule has 0 aliphatic rings. The van der Waals surface area contributed by atoms with E-state index in [4.69, 9.17) is 4.42 Å². The van der Waals surface area contributed by atoms with E-state index in [1.165, 1.54) is 40.1 Å². The Hall–Kier alpha value is -3.65. The van der Waals surface area contributed by atoms with Gasteiger partial charge in [0, 0.05) is 17.2 Å². The second-order valence-corrected chi connectivity index (χ2v) is 7.27. The third-order valence-electron chi connectivity index (χ3n) is 4.31. The van der Waals surface area contributed by atoms with Crippen molar-refractivity contribution in [3.8, 4) is 22.7 Å². The highest BCUT2D eigenvalue weighted by Crippen LogP contribution is 2.23. The van der Waals surface area contributed by atoms with Crippen LogP contribution in [0.4, 0.5) is 8.78 Å². The molecule has 29 heavy (non-hydrogen) atoms. The lowest BCUT2D eigenvalue weighted by Crippen LogP contribution is -2.23. The fourth-order valence-electron chi connectivity index (χ4n) is 2.88. The Morgan fingerprint density at radius 2 is 1.55 bits per heavy atom. The topological polar surface area (TPSA) is 60.4 Å². The van der Waals surface area contributed by atoms with Crippen LogP contribution >= 0.6 is 11.3 Å². The van der Waals surface area contributed by atoms with Crippen LogP contribution in [0.25, 0.3) is 33.7 Å². The summed E-state index contributed by atoms with van der Waals surface area (Å²) >= 11 is 1.18. The monoisotopic (exact) mass is 407 g/mol. The third kappa shape index (κ3) is 3.23. The molecule has 0 fully saturated rings. The molecule has 3 heterocycles. The van der Waals surface area contributed by atoms with E-state index < -0.39 is 0 Å². The molecule has 0 spiro atoms. The number of nitrogens with zero attached hydrogens (tertiary/aromatic N) is 3. The molecule has 0 aliphatic carbocycles. The standard InChI is InChI=1S/C21H11F2N3O2S/c22-14-5-1-12(2-6-14)17-10-9-16(28-17)11-18-20(27)26-21(29-18)24-19(25-26)13-3-7-15(23)8-4-13/h1-11H/b18-11-. The fraction of sp³-hybridized carbons (Fsp3) is 0. The normalized spacial score (nSPS) is 12.1. The lowest BCUT2D eigenvalue weighted by molar-refractivity contribution is 0.571. The fourth-order valence-corrected chi connectivity index (χ4v) is 3.77. The highest BCUT2D eigenvalue weighted by molar-refractivity contribution is 7.15. The summed E-state index contributed by atoms with van der Waals surface area (Å²) in [5, 5.41) is 4.23. The van der Waals surface area contributed by atoms with E-state index in [1.54, 1.807) is 42.5 Å². The van der Waals surface area contributed by atoms with Gasteiger partial charge in [-0.2, -0.15) is 9.50 Å². The van der Waals surface area contributed by atoms with E-state index in [1.807, 2.05) is 0 Å². The number of benzene rings is 2. The van der Waals surface area contributed by atoms with Crippen molar-refractivity contribution in [3.63, 3.8) is 0 Å². The summed E-state index contributed by atoms with van der Waals surface area (Å²) in [6, 6.07) is 15.2. The molecule has 0 amide bonds. The molecular weight excluding hydrogens is 396 g/mol. The maximum absolute atomic E-state index is 13.1. The molecule has 0 N–H and O–H groups in total. The smallest absolute Gasteiger partial charge is 0.291 e. The van der Waals surface area contributed by atoms with Crippen molar-refractivity contribution in [1.82, 2.24) is 14.6 Å². The van der Waals surface area contributed by atoms with E-state index in [0.717, 1.165) is 5.56 Å². The van der Waals surface area contributed by atoms with Gasteiger partial charge in [-0.1, -0.05) is 11.3 Å². The molecule has 0 aliphatic heterocycles. The van der Waals surface area contributed by atoms with Crippen LogP contribution < -0.4 is 10.1 Å². The number of halogens is 2. The minimum Gasteiger partial charge on any atom is -0.457 e. The van der Waals surface area contributed by atoms with Crippen LogP contribution in [0.5, 0.6) is 0 Å². The number of aromatic nitrogens is 3. The minimum absolute atomic E-state index is 0.314. The van der Waals surface area contributed by atoms with E-state index in [0.29, 0.717) is 32.4 Å². The first-order chi connectivity index (χ1) is 14.1. The second-order valence-electron chi connectivity index (χ2n) is 6.26. The zero-order valence-corrected chi connectivity index (χ0v) is 15.5. The predicted octanol–water partition coefficient (Wildman–Crippen LogP) is 3.90. The molecule has 0 bridgehead atoms. The van der Waals surface area contributed by atoms with Crippen LogP contribution in [-0.4, -0.2) is 14.6 Å². The van der Waals surface area contributed by atoms with Crippen LogP contribution in [0.2, 0.25) is 0 Å². The molecule has 3 aromatic heterocycles. The van der Waals surface area contributed by atoms with Gasteiger partial charge in [-0.05, 0) is 60.7 Å². The van der Waals surface area contributed by atoms with Crippen molar-refractivity contribution in [3.05, 3.63) is 92.9 Å². The SMILES string of the molecule is O=c1/c(=C/c2ccc(-c3ccc(F)cc3)o2)sc2nc(-c3ccc(F)cc3)nn12. The van der Waals surface area contributed by atoms with Gasteiger partial charge in [0.1, 0.15) is 27.7 Å². The Kier molecular flexibility index (Phi) is 4.06. The summed E-state index contributed by atoms with van der Waals surface area (Å²) in [5.74, 6) is 0.745. The van der Waals surface area contributed by atoms with E-state index in [2.05, 4.69) is 10.1 Å². The van der Waals surface area contributed by atoms with Gasteiger partial charge in [0.25, 0.3) is 5.56 Å². The second kappa shape index (κ2) is 6.75. The zero-order valence-electron chi connectivity index (χ0n) is 14.7. The zero-order chi connectivity index (χ0) is 20.0. The Morgan fingerprint density at radius 3 is 2.21 bits per heavy atom. The molecule has 5 nitrogen and oxygen atoms in total. The molecule has 0 atom stereocenters. The maximum Gasteiger partial charge on any atom is 0.291 e. The molecule has 8 heteroatoms. The summed E-state index contributed by atoms with van der Waals surface area (Å²) in [6.07, 6.45) is 1.62. The number of furan rings is 1. The van der Waals surface area contributed by atoms with Crippen LogP contribution in [0.15, 0.2) is 69.9 Å². The Labute approximate surface area is 166 Å². The highest BCUT2D eigenvalue weighted by Gasteiger charge is 2.12. The maximum atomic E-state index is 13.1. The Morgan fingerprint density at radius 1 is 0.897 bits per heavy atom. The van der Waals surface area contributed by atoms with Crippen molar-refractivity contribution in [2.75, 3.05) is 0 Å². The molecule has 0 saturated heterocycles. The number of thiazole rings is 1. The minimum atomic E-state index is -0.352. The largest absolute Gasteiger partial charge is 0.457 e. The van der Waals surface area contributed by atoms with Crippen molar-refractivity contribution in [1.29, 1.82) is 0 Å². The summed E-state index contributed by atoms with van der Waals surface area (Å²) in [5.41, 5.74) is 1.05. The quantitative estimate of drug-likeness (QED) is 0.455.